The van der Waals surface area contributed by atoms with Crippen LogP contribution in [0.15, 0.2) is 22.8 Å². The van der Waals surface area contributed by atoms with Gasteiger partial charge in [0.05, 0.1) is 11.3 Å². The molecule has 0 unspecified atom stereocenters. The van der Waals surface area contributed by atoms with Crippen LogP contribution in [0, 0.1) is 12.8 Å². The van der Waals surface area contributed by atoms with E-state index in [1.807, 2.05) is 12.3 Å². The van der Waals surface area contributed by atoms with Crippen molar-refractivity contribution in [2.24, 2.45) is 5.92 Å². The van der Waals surface area contributed by atoms with Crippen molar-refractivity contribution in [3.8, 4) is 0 Å². The second-order valence-electron chi connectivity index (χ2n) is 5.23. The molecular weight excluding hydrogens is 246 g/mol. The number of fused-ring (bicyclic) bond motifs is 1. The van der Waals surface area contributed by atoms with E-state index in [1.165, 1.54) is 11.1 Å². The summed E-state index contributed by atoms with van der Waals surface area (Å²) in [7, 11) is 0. The molecule has 98 valence electrons. The van der Waals surface area contributed by atoms with Crippen LogP contribution >= 0.6 is 11.6 Å². The highest BCUT2D eigenvalue weighted by Crippen LogP contribution is 2.29. The molecule has 0 radical (unpaired) electrons. The zero-order valence-corrected chi connectivity index (χ0v) is 12.0. The van der Waals surface area contributed by atoms with Gasteiger partial charge in [-0.3, -0.25) is 0 Å². The smallest absolute Gasteiger partial charge is 0.152 e. The van der Waals surface area contributed by atoms with Gasteiger partial charge in [0, 0.05) is 5.39 Å². The topological polar surface area (TPSA) is 25.2 Å². The van der Waals surface area contributed by atoms with Crippen molar-refractivity contribution in [3.63, 3.8) is 0 Å². The highest BCUT2D eigenvalue weighted by Gasteiger charge is 2.09. The molecule has 1 aromatic heterocycles. The SMILES string of the molecule is Cc1cc(Cl)c2occ(CCNCC(C)C)c2c1. The number of hydrogen-bond acceptors (Lipinski definition) is 2. The van der Waals surface area contributed by atoms with Crippen LogP contribution in [-0.2, 0) is 6.42 Å². The standard InChI is InChI=1S/C15H20ClNO/c1-10(2)8-17-5-4-12-9-18-15-13(12)6-11(3)7-14(15)16/h6-7,9-10,17H,4-5,8H2,1-3H3. The number of benzene rings is 1. The van der Waals surface area contributed by atoms with Crippen molar-refractivity contribution in [2.75, 3.05) is 13.1 Å². The second kappa shape index (κ2) is 5.77. The number of hydrogen-bond donors (Lipinski definition) is 1. The molecule has 18 heavy (non-hydrogen) atoms. The quantitative estimate of drug-likeness (QED) is 0.821. The Morgan fingerprint density at radius 2 is 2.11 bits per heavy atom. The number of furan rings is 1. The van der Waals surface area contributed by atoms with Crippen LogP contribution < -0.4 is 5.32 Å². The Morgan fingerprint density at radius 1 is 1.33 bits per heavy atom. The molecule has 2 rings (SSSR count). The molecule has 3 heteroatoms. The van der Waals surface area contributed by atoms with E-state index in [9.17, 15) is 0 Å². The van der Waals surface area contributed by atoms with E-state index in [0.29, 0.717) is 10.9 Å². The first kappa shape index (κ1) is 13.4. The normalized spacial score (nSPS) is 11.6. The predicted molar refractivity (Wildman–Crippen MR) is 77.4 cm³/mol. The highest BCUT2D eigenvalue weighted by molar-refractivity contribution is 6.35. The van der Waals surface area contributed by atoms with Crippen LogP contribution in [0.2, 0.25) is 5.02 Å². The molecule has 2 aromatic rings. The lowest BCUT2D eigenvalue weighted by Gasteiger charge is -2.06. The Bertz CT molecular complexity index is 531. The van der Waals surface area contributed by atoms with E-state index in [1.54, 1.807) is 0 Å². The van der Waals surface area contributed by atoms with E-state index in [4.69, 9.17) is 16.0 Å². The van der Waals surface area contributed by atoms with E-state index in [2.05, 4.69) is 32.2 Å². The summed E-state index contributed by atoms with van der Waals surface area (Å²) in [4.78, 5) is 0. The summed E-state index contributed by atoms with van der Waals surface area (Å²) in [6.45, 7) is 8.50. The van der Waals surface area contributed by atoms with Gasteiger partial charge in [0.1, 0.15) is 0 Å². The third-order valence-electron chi connectivity index (χ3n) is 2.98. The maximum atomic E-state index is 6.17. The monoisotopic (exact) mass is 265 g/mol. The van der Waals surface area contributed by atoms with Gasteiger partial charge in [-0.1, -0.05) is 25.4 Å². The highest BCUT2D eigenvalue weighted by atomic mass is 35.5. The first-order valence-electron chi connectivity index (χ1n) is 6.45. The van der Waals surface area contributed by atoms with Crippen LogP contribution in [0.1, 0.15) is 25.0 Å². The third kappa shape index (κ3) is 3.06. The van der Waals surface area contributed by atoms with E-state index < -0.39 is 0 Å². The molecule has 0 spiro atoms. The molecule has 0 aliphatic heterocycles. The van der Waals surface area contributed by atoms with Gasteiger partial charge in [0.2, 0.25) is 0 Å². The van der Waals surface area contributed by atoms with Gasteiger partial charge in [0.25, 0.3) is 0 Å². The number of aryl methyl sites for hydroxylation is 1. The molecule has 1 heterocycles. The van der Waals surface area contributed by atoms with Crippen molar-refractivity contribution < 1.29 is 4.42 Å². The first-order valence-corrected chi connectivity index (χ1v) is 6.82. The number of halogens is 1. The Morgan fingerprint density at radius 3 is 2.83 bits per heavy atom. The zero-order valence-electron chi connectivity index (χ0n) is 11.2. The molecule has 0 saturated heterocycles. The molecule has 2 nitrogen and oxygen atoms in total. The summed E-state index contributed by atoms with van der Waals surface area (Å²) in [5.41, 5.74) is 3.21. The number of nitrogens with one attached hydrogen (secondary N) is 1. The van der Waals surface area contributed by atoms with E-state index in [0.717, 1.165) is 30.5 Å². The van der Waals surface area contributed by atoms with Gasteiger partial charge in [-0.15, -0.1) is 0 Å². The average Bonchev–Trinajstić information content (AvgIpc) is 2.67. The molecule has 0 aliphatic rings. The van der Waals surface area contributed by atoms with Crippen molar-refractivity contribution in [2.45, 2.75) is 27.2 Å². The van der Waals surface area contributed by atoms with Gasteiger partial charge in [-0.2, -0.15) is 0 Å². The summed E-state index contributed by atoms with van der Waals surface area (Å²) in [6.07, 6.45) is 2.80. The molecule has 1 aromatic carbocycles. The largest absolute Gasteiger partial charge is 0.462 e. The summed E-state index contributed by atoms with van der Waals surface area (Å²) in [5.74, 6) is 0.683. The molecule has 0 atom stereocenters. The Labute approximate surface area is 113 Å². The van der Waals surface area contributed by atoms with Crippen LogP contribution in [-0.4, -0.2) is 13.1 Å². The maximum Gasteiger partial charge on any atom is 0.152 e. The van der Waals surface area contributed by atoms with Crippen LogP contribution in [0.4, 0.5) is 0 Å². The Balaban J connectivity index is 2.09. The van der Waals surface area contributed by atoms with Gasteiger partial charge in [-0.25, -0.2) is 0 Å². The van der Waals surface area contributed by atoms with Crippen molar-refractivity contribution in [1.82, 2.24) is 5.32 Å². The minimum absolute atomic E-state index is 0.683. The minimum atomic E-state index is 0.683. The van der Waals surface area contributed by atoms with Gasteiger partial charge < -0.3 is 9.73 Å². The summed E-state index contributed by atoms with van der Waals surface area (Å²) in [6, 6.07) is 4.08. The fourth-order valence-corrected chi connectivity index (χ4v) is 2.41. The summed E-state index contributed by atoms with van der Waals surface area (Å²) in [5, 5.41) is 5.29. The molecule has 0 bridgehead atoms. The third-order valence-corrected chi connectivity index (χ3v) is 3.26. The summed E-state index contributed by atoms with van der Waals surface area (Å²) >= 11 is 6.17. The lowest BCUT2D eigenvalue weighted by Crippen LogP contribution is -2.21. The van der Waals surface area contributed by atoms with E-state index in [-0.39, 0.29) is 0 Å². The van der Waals surface area contributed by atoms with Crippen molar-refractivity contribution in [3.05, 3.63) is 34.5 Å². The molecule has 0 aliphatic carbocycles. The van der Waals surface area contributed by atoms with Crippen molar-refractivity contribution >= 4 is 22.6 Å². The molecule has 0 saturated carbocycles. The Hall–Kier alpha value is -0.990. The lowest BCUT2D eigenvalue weighted by molar-refractivity contribution is 0.552. The minimum Gasteiger partial charge on any atom is -0.462 e. The van der Waals surface area contributed by atoms with Crippen LogP contribution in [0.3, 0.4) is 0 Å². The van der Waals surface area contributed by atoms with E-state index >= 15 is 0 Å². The summed E-state index contributed by atoms with van der Waals surface area (Å²) < 4.78 is 5.55. The van der Waals surface area contributed by atoms with Gasteiger partial charge >= 0.3 is 0 Å². The molecular formula is C15H20ClNO. The van der Waals surface area contributed by atoms with Gasteiger partial charge in [0.15, 0.2) is 5.58 Å². The number of rotatable bonds is 5. The Kier molecular flexibility index (Phi) is 4.31. The second-order valence-corrected chi connectivity index (χ2v) is 5.64. The maximum absolute atomic E-state index is 6.17. The van der Waals surface area contributed by atoms with Crippen LogP contribution in [0.5, 0.6) is 0 Å². The fraction of sp³-hybridized carbons (Fsp3) is 0.467. The van der Waals surface area contributed by atoms with Crippen LogP contribution in [0.25, 0.3) is 11.0 Å². The molecule has 1 N–H and O–H groups in total. The first-order chi connectivity index (χ1) is 8.58. The zero-order chi connectivity index (χ0) is 13.1. The van der Waals surface area contributed by atoms with Gasteiger partial charge in [-0.05, 0) is 55.6 Å². The molecule has 0 amide bonds. The lowest BCUT2D eigenvalue weighted by atomic mass is 10.1. The van der Waals surface area contributed by atoms with Crippen molar-refractivity contribution in [1.29, 1.82) is 0 Å². The fourth-order valence-electron chi connectivity index (χ4n) is 2.09. The predicted octanol–water partition coefficient (Wildman–Crippen LogP) is 4.18. The molecule has 0 fully saturated rings. The average molecular weight is 266 g/mol.